The Balaban J connectivity index is 5.88. The monoisotopic (exact) mass is 422 g/mol. The van der Waals surface area contributed by atoms with E-state index in [-0.39, 0.29) is 5.41 Å². The van der Waals surface area contributed by atoms with Gasteiger partial charge < -0.3 is 21.8 Å². The predicted octanol–water partition coefficient (Wildman–Crippen LogP) is 3.85. The van der Waals surface area contributed by atoms with Crippen LogP contribution in [-0.4, -0.2) is 41.5 Å². The number of carbonyl (C=O) groups excluding carboxylic acids is 2. The highest BCUT2D eigenvalue weighted by Crippen LogP contribution is 2.32. The molecule has 0 amide bonds. The number of hydrogen-bond acceptors (Lipinski definition) is 7. The van der Waals surface area contributed by atoms with Gasteiger partial charge in [-0.25, -0.2) is 0 Å². The molecule has 0 heterocycles. The maximum absolute atomic E-state index is 11.9. The first kappa shape index (κ1) is 26.3. The Morgan fingerprint density at radius 1 is 0.852 bits per heavy atom. The van der Waals surface area contributed by atoms with Crippen LogP contribution in [-0.2, 0) is 31.4 Å². The SMILES string of the molecule is CC(=O)O[SiH](OC(C)(C)C)O[Si](CCC(C)(C)C)(OC(C)=O)OC(C)(C)C. The topological polar surface area (TPSA) is 80.3 Å². The van der Waals surface area contributed by atoms with E-state index in [1.165, 1.54) is 13.8 Å². The van der Waals surface area contributed by atoms with Crippen molar-refractivity contribution in [2.75, 3.05) is 0 Å². The molecule has 0 aliphatic rings. The summed E-state index contributed by atoms with van der Waals surface area (Å²) < 4.78 is 29.2. The van der Waals surface area contributed by atoms with Crippen molar-refractivity contribution in [2.45, 2.75) is 99.8 Å². The van der Waals surface area contributed by atoms with Crippen LogP contribution >= 0.6 is 0 Å². The van der Waals surface area contributed by atoms with Gasteiger partial charge in [-0.15, -0.1) is 0 Å². The quantitative estimate of drug-likeness (QED) is 0.550. The van der Waals surface area contributed by atoms with Gasteiger partial charge in [0.05, 0.1) is 11.2 Å². The van der Waals surface area contributed by atoms with E-state index in [4.69, 9.17) is 21.8 Å². The van der Waals surface area contributed by atoms with Crippen molar-refractivity contribution in [2.24, 2.45) is 5.41 Å². The summed E-state index contributed by atoms with van der Waals surface area (Å²) in [4.78, 5) is 23.4. The van der Waals surface area contributed by atoms with Gasteiger partial charge in [-0.05, 0) is 53.4 Å². The highest BCUT2D eigenvalue weighted by molar-refractivity contribution is 6.69. The van der Waals surface area contributed by atoms with E-state index in [1.54, 1.807) is 0 Å². The molecule has 2 unspecified atom stereocenters. The molecule has 0 aromatic carbocycles. The fourth-order valence-corrected chi connectivity index (χ4v) is 8.07. The van der Waals surface area contributed by atoms with Gasteiger partial charge in [0.15, 0.2) is 0 Å². The van der Waals surface area contributed by atoms with Crippen LogP contribution in [0.2, 0.25) is 6.04 Å². The Labute approximate surface area is 167 Å². The van der Waals surface area contributed by atoms with E-state index >= 15 is 0 Å². The normalized spacial score (nSPS) is 16.4. The molecule has 7 nitrogen and oxygen atoms in total. The molecule has 0 aromatic heterocycles. The Hall–Kier alpha value is -0.746. The average molecular weight is 423 g/mol. The first-order valence-corrected chi connectivity index (χ1v) is 12.6. The zero-order valence-electron chi connectivity index (χ0n) is 18.8. The van der Waals surface area contributed by atoms with Gasteiger partial charge in [-0.2, -0.15) is 0 Å². The summed E-state index contributed by atoms with van der Waals surface area (Å²) in [5.74, 6) is -1.00. The summed E-state index contributed by atoms with van der Waals surface area (Å²) in [6, 6.07) is 0.408. The maximum atomic E-state index is 11.9. The largest absolute Gasteiger partial charge is 0.561 e. The van der Waals surface area contributed by atoms with Gasteiger partial charge in [-0.3, -0.25) is 9.59 Å². The van der Waals surface area contributed by atoms with Crippen LogP contribution in [0.3, 0.4) is 0 Å². The molecule has 0 bridgehead atoms. The van der Waals surface area contributed by atoms with Crippen LogP contribution in [0.15, 0.2) is 0 Å². The van der Waals surface area contributed by atoms with E-state index in [9.17, 15) is 9.59 Å². The Morgan fingerprint density at radius 3 is 1.70 bits per heavy atom. The van der Waals surface area contributed by atoms with Crippen LogP contribution in [0, 0.1) is 5.41 Å². The summed E-state index contributed by atoms with van der Waals surface area (Å²) in [5, 5.41) is 0. The van der Waals surface area contributed by atoms with Crippen molar-refractivity contribution in [1.82, 2.24) is 0 Å². The lowest BCUT2D eigenvalue weighted by Gasteiger charge is -2.38. The van der Waals surface area contributed by atoms with Gasteiger partial charge in [-0.1, -0.05) is 20.8 Å². The second-order valence-corrected chi connectivity index (χ2v) is 14.1. The molecule has 0 aliphatic heterocycles. The molecule has 27 heavy (non-hydrogen) atoms. The van der Waals surface area contributed by atoms with Crippen molar-refractivity contribution < 1.29 is 31.4 Å². The smallest absolute Gasteiger partial charge is 0.476 e. The summed E-state index contributed by atoms with van der Waals surface area (Å²) in [6.07, 6.45) is 0.708. The van der Waals surface area contributed by atoms with Crippen molar-refractivity contribution >= 4 is 30.3 Å². The second-order valence-electron chi connectivity index (χ2n) is 9.80. The molecule has 2 atom stereocenters. The molecule has 0 spiro atoms. The van der Waals surface area contributed by atoms with E-state index in [2.05, 4.69) is 20.8 Å². The third kappa shape index (κ3) is 14.0. The minimum Gasteiger partial charge on any atom is -0.476 e. The van der Waals surface area contributed by atoms with Gasteiger partial charge >= 0.3 is 18.3 Å². The van der Waals surface area contributed by atoms with Crippen molar-refractivity contribution in [3.05, 3.63) is 0 Å². The Kier molecular flexibility index (Phi) is 9.37. The molecule has 0 aliphatic carbocycles. The van der Waals surface area contributed by atoms with Crippen LogP contribution in [0.25, 0.3) is 0 Å². The molecule has 0 radical (unpaired) electrons. The van der Waals surface area contributed by atoms with E-state index in [0.717, 1.165) is 0 Å². The van der Waals surface area contributed by atoms with Gasteiger partial charge in [0.25, 0.3) is 11.9 Å². The molecule has 0 N–H and O–H groups in total. The van der Waals surface area contributed by atoms with Crippen molar-refractivity contribution in [1.29, 1.82) is 0 Å². The summed E-state index contributed by atoms with van der Waals surface area (Å²) in [6.45, 7) is 20.0. The summed E-state index contributed by atoms with van der Waals surface area (Å²) >= 11 is 0. The van der Waals surface area contributed by atoms with Gasteiger partial charge in [0, 0.05) is 19.9 Å². The van der Waals surface area contributed by atoms with E-state index < -0.39 is 41.5 Å². The highest BCUT2D eigenvalue weighted by Gasteiger charge is 2.52. The van der Waals surface area contributed by atoms with Crippen molar-refractivity contribution in [3.63, 3.8) is 0 Å². The molecular weight excluding hydrogens is 384 g/mol. The Bertz CT molecular complexity index is 503. The third-order valence-corrected chi connectivity index (χ3v) is 8.94. The fraction of sp³-hybridized carbons (Fsp3) is 0.889. The fourth-order valence-electron chi connectivity index (χ4n) is 2.09. The zero-order valence-corrected chi connectivity index (χ0v) is 21.0. The van der Waals surface area contributed by atoms with Gasteiger partial charge in [0.2, 0.25) is 0 Å². The highest BCUT2D eigenvalue weighted by atomic mass is 28.4. The number of rotatable bonds is 8. The maximum Gasteiger partial charge on any atom is 0.561 e. The molecule has 0 rings (SSSR count). The second kappa shape index (κ2) is 9.64. The van der Waals surface area contributed by atoms with E-state index in [1.807, 2.05) is 41.5 Å². The molecule has 9 heteroatoms. The van der Waals surface area contributed by atoms with Crippen LogP contribution in [0.1, 0.15) is 82.6 Å². The molecule has 0 saturated carbocycles. The van der Waals surface area contributed by atoms with Crippen LogP contribution in [0.5, 0.6) is 0 Å². The van der Waals surface area contributed by atoms with Gasteiger partial charge in [0.1, 0.15) is 0 Å². The molecular formula is C18H38O7Si2. The standard InChI is InChI=1S/C18H38O7Si2/c1-14(19)21-26(23-17(6,7)8)25-27(22-15(2)20,24-18(9,10)11)13-12-16(3,4)5/h26H,12-13H2,1-11H3. The first-order chi connectivity index (χ1) is 11.8. The minimum absolute atomic E-state index is 0.0215. The molecule has 0 fully saturated rings. The molecule has 0 aromatic rings. The van der Waals surface area contributed by atoms with Crippen molar-refractivity contribution in [3.8, 4) is 0 Å². The zero-order chi connectivity index (χ0) is 21.7. The van der Waals surface area contributed by atoms with E-state index in [0.29, 0.717) is 12.5 Å². The van der Waals surface area contributed by atoms with Crippen LogP contribution < -0.4 is 0 Å². The average Bonchev–Trinajstić information content (AvgIpc) is 2.29. The lowest BCUT2D eigenvalue weighted by atomic mass is 9.94. The van der Waals surface area contributed by atoms with Crippen LogP contribution in [0.4, 0.5) is 0 Å². The third-order valence-electron chi connectivity index (χ3n) is 2.93. The molecule has 0 saturated heterocycles. The summed E-state index contributed by atoms with van der Waals surface area (Å²) in [7, 11) is -6.49. The Morgan fingerprint density at radius 2 is 1.37 bits per heavy atom. The minimum atomic E-state index is -3.52. The number of hydrogen-bond donors (Lipinski definition) is 0. The molecule has 160 valence electrons. The predicted molar refractivity (Wildman–Crippen MR) is 108 cm³/mol. The number of carbonyl (C=O) groups is 2. The lowest BCUT2D eigenvalue weighted by molar-refractivity contribution is -0.138. The first-order valence-electron chi connectivity index (χ1n) is 9.25. The lowest BCUT2D eigenvalue weighted by Crippen LogP contribution is -2.56. The summed E-state index contributed by atoms with van der Waals surface area (Å²) in [5.41, 5.74) is -1.22.